The van der Waals surface area contributed by atoms with Crippen LogP contribution in [0.2, 0.25) is 0 Å². The van der Waals surface area contributed by atoms with Crippen LogP contribution in [0.1, 0.15) is 29.4 Å². The van der Waals surface area contributed by atoms with Crippen LogP contribution in [0, 0.1) is 0 Å². The summed E-state index contributed by atoms with van der Waals surface area (Å²) in [5.74, 6) is -0.186. The van der Waals surface area contributed by atoms with E-state index in [4.69, 9.17) is 0 Å². The lowest BCUT2D eigenvalue weighted by Crippen LogP contribution is -2.19. The number of amides is 1. The van der Waals surface area contributed by atoms with Gasteiger partial charge in [0.1, 0.15) is 0 Å². The monoisotopic (exact) mass is 350 g/mol. The molecule has 0 aliphatic rings. The normalized spacial score (nSPS) is 10.6. The lowest BCUT2D eigenvalue weighted by atomic mass is 10.2. The first kappa shape index (κ1) is 15.7. The predicted molar refractivity (Wildman–Crippen MR) is 86.7 cm³/mol. The second kappa shape index (κ2) is 7.38. The van der Waals surface area contributed by atoms with Gasteiger partial charge in [0.25, 0.3) is 5.91 Å². The minimum atomic E-state index is -0.186. The maximum Gasteiger partial charge on any atom is 0.271 e. The molecule has 21 heavy (non-hydrogen) atoms. The highest BCUT2D eigenvalue weighted by Crippen LogP contribution is 2.20. The number of halogens is 1. The van der Waals surface area contributed by atoms with Crippen LogP contribution in [0.15, 0.2) is 34.9 Å². The van der Waals surface area contributed by atoms with E-state index in [2.05, 4.69) is 44.7 Å². The van der Waals surface area contributed by atoms with Crippen molar-refractivity contribution >= 4 is 21.8 Å². The molecular formula is C15H19BrN4O. The van der Waals surface area contributed by atoms with Gasteiger partial charge < -0.3 is 10.6 Å². The van der Waals surface area contributed by atoms with Crippen molar-refractivity contribution in [3.05, 3.63) is 46.2 Å². The molecular weight excluding hydrogens is 332 g/mol. The zero-order chi connectivity index (χ0) is 15.2. The highest BCUT2D eigenvalue weighted by molar-refractivity contribution is 9.10. The Morgan fingerprint density at radius 1 is 1.38 bits per heavy atom. The first-order valence-corrected chi connectivity index (χ1v) is 7.72. The van der Waals surface area contributed by atoms with E-state index in [9.17, 15) is 4.79 Å². The first-order chi connectivity index (χ1) is 10.2. The molecule has 0 spiro atoms. The number of carbonyl (C=O) groups excluding carboxylic acids is 1. The summed E-state index contributed by atoms with van der Waals surface area (Å²) in [6.45, 7) is 3.88. The van der Waals surface area contributed by atoms with Gasteiger partial charge in [0.15, 0.2) is 5.69 Å². The fraction of sp³-hybridized carbons (Fsp3) is 0.333. The largest absolute Gasteiger partial charge is 0.354 e. The van der Waals surface area contributed by atoms with Crippen LogP contribution in [0.4, 0.5) is 0 Å². The Labute approximate surface area is 132 Å². The van der Waals surface area contributed by atoms with Crippen molar-refractivity contribution in [1.29, 1.82) is 0 Å². The highest BCUT2D eigenvalue weighted by atomic mass is 79.9. The minimum absolute atomic E-state index is 0.186. The standard InChI is InChI=1S/C15H19BrN4O/c1-3-7-18-10-11-4-5-12(16)9-14(11)20-8-6-13(19-20)15(21)17-2/h4-6,8-9,18H,3,7,10H2,1-2H3,(H,17,21). The molecule has 0 aliphatic carbocycles. The summed E-state index contributed by atoms with van der Waals surface area (Å²) >= 11 is 3.48. The zero-order valence-corrected chi connectivity index (χ0v) is 13.8. The van der Waals surface area contributed by atoms with Crippen molar-refractivity contribution in [3.63, 3.8) is 0 Å². The van der Waals surface area contributed by atoms with Gasteiger partial charge in [0, 0.05) is 24.3 Å². The molecule has 1 aromatic carbocycles. The third-order valence-electron chi connectivity index (χ3n) is 3.09. The summed E-state index contributed by atoms with van der Waals surface area (Å²) in [7, 11) is 1.60. The second-order valence-corrected chi connectivity index (χ2v) is 5.59. The summed E-state index contributed by atoms with van der Waals surface area (Å²) in [5, 5.41) is 10.3. The quantitative estimate of drug-likeness (QED) is 0.787. The van der Waals surface area contributed by atoms with Crippen molar-refractivity contribution in [2.45, 2.75) is 19.9 Å². The van der Waals surface area contributed by atoms with Gasteiger partial charge in [-0.1, -0.05) is 28.9 Å². The van der Waals surface area contributed by atoms with Crippen LogP contribution in [0.5, 0.6) is 0 Å². The van der Waals surface area contributed by atoms with Crippen molar-refractivity contribution in [2.24, 2.45) is 0 Å². The molecule has 5 nitrogen and oxygen atoms in total. The molecule has 1 aromatic heterocycles. The Morgan fingerprint density at radius 2 is 2.19 bits per heavy atom. The van der Waals surface area contributed by atoms with Crippen LogP contribution in [0.25, 0.3) is 5.69 Å². The second-order valence-electron chi connectivity index (χ2n) is 4.67. The summed E-state index contributed by atoms with van der Waals surface area (Å²) in [4.78, 5) is 11.6. The molecule has 6 heteroatoms. The van der Waals surface area contributed by atoms with Crippen molar-refractivity contribution in [2.75, 3.05) is 13.6 Å². The molecule has 1 heterocycles. The molecule has 2 N–H and O–H groups in total. The van der Waals surface area contributed by atoms with Crippen LogP contribution in [0.3, 0.4) is 0 Å². The lowest BCUT2D eigenvalue weighted by Gasteiger charge is -2.11. The van der Waals surface area contributed by atoms with Gasteiger partial charge in [-0.25, -0.2) is 4.68 Å². The van der Waals surface area contributed by atoms with E-state index >= 15 is 0 Å². The molecule has 2 aromatic rings. The number of hydrogen-bond acceptors (Lipinski definition) is 3. The van der Waals surface area contributed by atoms with Gasteiger partial charge in [-0.2, -0.15) is 5.10 Å². The summed E-state index contributed by atoms with van der Waals surface area (Å²) in [5.41, 5.74) is 2.51. The molecule has 0 unspecified atom stereocenters. The van der Waals surface area contributed by atoms with Crippen LogP contribution in [-0.4, -0.2) is 29.3 Å². The molecule has 0 saturated heterocycles. The minimum Gasteiger partial charge on any atom is -0.354 e. The maximum absolute atomic E-state index is 11.6. The third kappa shape index (κ3) is 3.92. The van der Waals surface area contributed by atoms with Gasteiger partial charge in [-0.05, 0) is 36.7 Å². The smallest absolute Gasteiger partial charge is 0.271 e. The first-order valence-electron chi connectivity index (χ1n) is 6.93. The van der Waals surface area contributed by atoms with Gasteiger partial charge >= 0.3 is 0 Å². The van der Waals surface area contributed by atoms with E-state index in [1.54, 1.807) is 24.0 Å². The van der Waals surface area contributed by atoms with Gasteiger partial charge in [0.2, 0.25) is 0 Å². The topological polar surface area (TPSA) is 59.0 Å². The van der Waals surface area contributed by atoms with Crippen LogP contribution >= 0.6 is 15.9 Å². The number of rotatable bonds is 6. The van der Waals surface area contributed by atoms with Gasteiger partial charge in [-0.15, -0.1) is 0 Å². The summed E-state index contributed by atoms with van der Waals surface area (Å²) < 4.78 is 2.71. The third-order valence-corrected chi connectivity index (χ3v) is 3.58. The number of aromatic nitrogens is 2. The molecule has 0 aliphatic heterocycles. The van der Waals surface area contributed by atoms with Crippen molar-refractivity contribution < 1.29 is 4.79 Å². The highest BCUT2D eigenvalue weighted by Gasteiger charge is 2.11. The molecule has 0 saturated carbocycles. The number of benzene rings is 1. The molecule has 1 amide bonds. The average Bonchev–Trinajstić information content (AvgIpc) is 2.98. The fourth-order valence-corrected chi connectivity index (χ4v) is 2.36. The number of hydrogen-bond donors (Lipinski definition) is 2. The molecule has 0 radical (unpaired) electrons. The Hall–Kier alpha value is -1.66. The van der Waals surface area contributed by atoms with Gasteiger partial charge in [-0.3, -0.25) is 4.79 Å². The fourth-order valence-electron chi connectivity index (χ4n) is 2.01. The van der Waals surface area contributed by atoms with E-state index in [1.165, 1.54) is 0 Å². The van der Waals surface area contributed by atoms with E-state index in [1.807, 2.05) is 12.1 Å². The van der Waals surface area contributed by atoms with Crippen LogP contribution in [-0.2, 0) is 6.54 Å². The molecule has 0 atom stereocenters. The summed E-state index contributed by atoms with van der Waals surface area (Å²) in [6.07, 6.45) is 2.89. The van der Waals surface area contributed by atoms with E-state index in [0.717, 1.165) is 35.2 Å². The van der Waals surface area contributed by atoms with Crippen molar-refractivity contribution in [1.82, 2.24) is 20.4 Å². The van der Waals surface area contributed by atoms with Gasteiger partial charge in [0.05, 0.1) is 5.69 Å². The SMILES string of the molecule is CCCNCc1ccc(Br)cc1-n1ccc(C(=O)NC)n1. The molecule has 2 rings (SSSR count). The zero-order valence-electron chi connectivity index (χ0n) is 12.2. The lowest BCUT2D eigenvalue weighted by molar-refractivity contribution is 0.0957. The van der Waals surface area contributed by atoms with Crippen LogP contribution < -0.4 is 10.6 Å². The number of nitrogens with zero attached hydrogens (tertiary/aromatic N) is 2. The van der Waals surface area contributed by atoms with Crippen molar-refractivity contribution in [3.8, 4) is 5.69 Å². The van der Waals surface area contributed by atoms with E-state index < -0.39 is 0 Å². The summed E-state index contributed by atoms with van der Waals surface area (Å²) in [6, 6.07) is 7.78. The molecule has 112 valence electrons. The predicted octanol–water partition coefficient (Wildman–Crippen LogP) is 2.49. The Morgan fingerprint density at radius 3 is 2.90 bits per heavy atom. The van der Waals surface area contributed by atoms with E-state index in [-0.39, 0.29) is 5.91 Å². The molecule has 0 bridgehead atoms. The van der Waals surface area contributed by atoms with E-state index in [0.29, 0.717) is 5.69 Å². The Balaban J connectivity index is 2.30. The maximum atomic E-state index is 11.6. The Kier molecular flexibility index (Phi) is 5.52. The molecule has 0 fully saturated rings. The number of nitrogens with one attached hydrogen (secondary N) is 2. The number of carbonyl (C=O) groups is 1. The average molecular weight is 351 g/mol. The Bertz CT molecular complexity index is 624.